The Morgan fingerprint density at radius 3 is 2.47 bits per heavy atom. The molecule has 2 heteroatoms. The molecule has 0 aromatic heterocycles. The summed E-state index contributed by atoms with van der Waals surface area (Å²) in [6.45, 7) is 2.08. The molecule has 0 heterocycles. The van der Waals surface area contributed by atoms with Gasteiger partial charge in [0.05, 0.1) is 11.9 Å². The molecular weight excluding hydrogens is 208 g/mol. The van der Waals surface area contributed by atoms with E-state index in [9.17, 15) is 0 Å². The van der Waals surface area contributed by atoms with Gasteiger partial charge in [0.25, 0.3) is 0 Å². The van der Waals surface area contributed by atoms with Crippen molar-refractivity contribution in [3.63, 3.8) is 0 Å². The van der Waals surface area contributed by atoms with Crippen LogP contribution in [0.25, 0.3) is 0 Å². The Morgan fingerprint density at radius 1 is 1.00 bits per heavy atom. The van der Waals surface area contributed by atoms with Gasteiger partial charge in [-0.15, -0.1) is 0 Å². The second kappa shape index (κ2) is 5.30. The molecule has 0 N–H and O–H groups in total. The van der Waals surface area contributed by atoms with Crippen molar-refractivity contribution in [1.29, 1.82) is 0 Å². The molecule has 0 aliphatic rings. The van der Waals surface area contributed by atoms with E-state index in [1.807, 2.05) is 54.7 Å². The van der Waals surface area contributed by atoms with Crippen LogP contribution in [0.5, 0.6) is 0 Å². The zero-order valence-electron chi connectivity index (χ0n) is 10.2. The zero-order valence-corrected chi connectivity index (χ0v) is 10.2. The smallest absolute Gasteiger partial charge is 0.0590 e. The number of hydrogen-bond acceptors (Lipinski definition) is 2. The molecule has 2 aromatic carbocycles. The average molecular weight is 224 g/mol. The highest BCUT2D eigenvalue weighted by Gasteiger charge is 1.95. The van der Waals surface area contributed by atoms with Crippen LogP contribution in [0.15, 0.2) is 59.7 Å². The van der Waals surface area contributed by atoms with Crippen LogP contribution in [0.1, 0.15) is 11.1 Å². The van der Waals surface area contributed by atoms with Crippen molar-refractivity contribution in [3.05, 3.63) is 65.7 Å². The number of rotatable bonds is 3. The normalized spacial score (nSPS) is 10.7. The topological polar surface area (TPSA) is 15.6 Å². The van der Waals surface area contributed by atoms with E-state index in [-0.39, 0.29) is 0 Å². The first-order valence-electron chi connectivity index (χ1n) is 5.65. The van der Waals surface area contributed by atoms with Crippen LogP contribution in [0.4, 0.5) is 5.69 Å². The van der Waals surface area contributed by atoms with Gasteiger partial charge in [0, 0.05) is 7.05 Å². The number of para-hydroxylation sites is 1. The molecule has 2 nitrogen and oxygen atoms in total. The number of aryl methyl sites for hydroxylation is 1. The van der Waals surface area contributed by atoms with Crippen LogP contribution in [-0.2, 0) is 0 Å². The Hall–Kier alpha value is -2.09. The number of hydrogen-bond donors (Lipinski definition) is 0. The molecule has 0 aliphatic carbocycles. The van der Waals surface area contributed by atoms with E-state index >= 15 is 0 Å². The van der Waals surface area contributed by atoms with E-state index in [4.69, 9.17) is 0 Å². The van der Waals surface area contributed by atoms with E-state index in [2.05, 4.69) is 30.2 Å². The minimum absolute atomic E-state index is 1.08. The lowest BCUT2D eigenvalue weighted by atomic mass is 10.2. The molecule has 0 radical (unpaired) electrons. The zero-order chi connectivity index (χ0) is 12.1. The maximum Gasteiger partial charge on any atom is 0.0590 e. The predicted octanol–water partition coefficient (Wildman–Crippen LogP) is 3.47. The van der Waals surface area contributed by atoms with E-state index < -0.39 is 0 Å². The molecule has 2 aromatic rings. The molecule has 17 heavy (non-hydrogen) atoms. The van der Waals surface area contributed by atoms with Gasteiger partial charge in [0.15, 0.2) is 0 Å². The highest BCUT2D eigenvalue weighted by molar-refractivity contribution is 5.80. The van der Waals surface area contributed by atoms with Gasteiger partial charge < -0.3 is 0 Å². The monoisotopic (exact) mass is 224 g/mol. The maximum absolute atomic E-state index is 4.41. The first-order chi connectivity index (χ1) is 8.25. The van der Waals surface area contributed by atoms with Crippen LogP contribution < -0.4 is 5.01 Å². The maximum atomic E-state index is 4.41. The quantitative estimate of drug-likeness (QED) is 0.576. The Morgan fingerprint density at radius 2 is 1.76 bits per heavy atom. The van der Waals surface area contributed by atoms with Gasteiger partial charge in [0.1, 0.15) is 0 Å². The number of anilines is 1. The summed E-state index contributed by atoms with van der Waals surface area (Å²) in [7, 11) is 1.95. The highest BCUT2D eigenvalue weighted by atomic mass is 15.4. The molecule has 0 saturated carbocycles. The van der Waals surface area contributed by atoms with Crippen molar-refractivity contribution >= 4 is 11.9 Å². The van der Waals surface area contributed by atoms with Crippen molar-refractivity contribution in [3.8, 4) is 0 Å². The van der Waals surface area contributed by atoms with Gasteiger partial charge in [-0.05, 0) is 24.6 Å². The van der Waals surface area contributed by atoms with Gasteiger partial charge in [-0.1, -0.05) is 48.0 Å². The van der Waals surface area contributed by atoms with Gasteiger partial charge in [0.2, 0.25) is 0 Å². The summed E-state index contributed by atoms with van der Waals surface area (Å²) in [6.07, 6.45) is 1.88. The first kappa shape index (κ1) is 11.4. The lowest BCUT2D eigenvalue weighted by Gasteiger charge is -2.12. The van der Waals surface area contributed by atoms with Crippen molar-refractivity contribution in [2.24, 2.45) is 5.10 Å². The molecule has 0 unspecified atom stereocenters. The number of hydrazone groups is 1. The van der Waals surface area contributed by atoms with Crippen molar-refractivity contribution in [2.45, 2.75) is 6.92 Å². The lowest BCUT2D eigenvalue weighted by molar-refractivity contribution is 1.02. The fourth-order valence-corrected chi connectivity index (χ4v) is 1.61. The van der Waals surface area contributed by atoms with Crippen LogP contribution in [-0.4, -0.2) is 13.3 Å². The Labute approximate surface area is 102 Å². The lowest BCUT2D eigenvalue weighted by Crippen LogP contribution is -2.08. The number of benzene rings is 2. The minimum Gasteiger partial charge on any atom is -0.269 e. The summed E-state index contributed by atoms with van der Waals surface area (Å²) in [4.78, 5) is 0. The van der Waals surface area contributed by atoms with Crippen LogP contribution in [0.3, 0.4) is 0 Å². The van der Waals surface area contributed by atoms with Crippen molar-refractivity contribution in [2.75, 3.05) is 12.1 Å². The van der Waals surface area contributed by atoms with E-state index in [1.165, 1.54) is 5.56 Å². The van der Waals surface area contributed by atoms with Crippen molar-refractivity contribution < 1.29 is 0 Å². The molecule has 0 atom stereocenters. The van der Waals surface area contributed by atoms with E-state index in [1.54, 1.807) is 0 Å². The van der Waals surface area contributed by atoms with Gasteiger partial charge in [-0.25, -0.2) is 0 Å². The predicted molar refractivity (Wildman–Crippen MR) is 73.6 cm³/mol. The summed E-state index contributed by atoms with van der Waals surface area (Å²) in [6, 6.07) is 18.4. The molecule has 0 saturated heterocycles. The second-order valence-corrected chi connectivity index (χ2v) is 4.02. The van der Waals surface area contributed by atoms with Crippen LogP contribution in [0.2, 0.25) is 0 Å². The molecule has 0 spiro atoms. The molecule has 0 bridgehead atoms. The summed E-state index contributed by atoms with van der Waals surface area (Å²) in [5.74, 6) is 0. The SMILES string of the molecule is Cc1cccc(/C=N/N(C)c2ccccc2)c1. The van der Waals surface area contributed by atoms with Crippen molar-refractivity contribution in [1.82, 2.24) is 0 Å². The summed E-state index contributed by atoms with van der Waals surface area (Å²) < 4.78 is 0. The third-order valence-electron chi connectivity index (χ3n) is 2.55. The molecular formula is C15H16N2. The van der Waals surface area contributed by atoms with Crippen LogP contribution in [0, 0.1) is 6.92 Å². The third-order valence-corrected chi connectivity index (χ3v) is 2.55. The largest absolute Gasteiger partial charge is 0.269 e. The summed E-state index contributed by atoms with van der Waals surface area (Å²) in [5.41, 5.74) is 3.44. The summed E-state index contributed by atoms with van der Waals surface area (Å²) in [5, 5.41) is 6.28. The standard InChI is InChI=1S/C15H16N2/c1-13-7-6-8-14(11-13)12-16-17(2)15-9-4-3-5-10-15/h3-12H,1-2H3/b16-12+. The van der Waals surface area contributed by atoms with E-state index in [0.717, 1.165) is 11.3 Å². The fraction of sp³-hybridized carbons (Fsp3) is 0.133. The Kier molecular flexibility index (Phi) is 3.55. The first-order valence-corrected chi connectivity index (χ1v) is 5.65. The second-order valence-electron chi connectivity index (χ2n) is 4.02. The van der Waals surface area contributed by atoms with Crippen LogP contribution >= 0.6 is 0 Å². The van der Waals surface area contributed by atoms with Gasteiger partial charge in [-0.2, -0.15) is 5.10 Å². The highest BCUT2D eigenvalue weighted by Crippen LogP contribution is 2.11. The Bertz CT molecular complexity index is 503. The number of nitrogens with zero attached hydrogens (tertiary/aromatic N) is 2. The average Bonchev–Trinajstić information content (AvgIpc) is 2.37. The molecule has 0 amide bonds. The molecule has 0 fully saturated rings. The molecule has 2 rings (SSSR count). The van der Waals surface area contributed by atoms with Gasteiger partial charge in [-0.3, -0.25) is 5.01 Å². The third kappa shape index (κ3) is 3.18. The molecule has 0 aliphatic heterocycles. The van der Waals surface area contributed by atoms with E-state index in [0.29, 0.717) is 0 Å². The fourth-order valence-electron chi connectivity index (χ4n) is 1.61. The minimum atomic E-state index is 1.08. The Balaban J connectivity index is 2.11. The van der Waals surface area contributed by atoms with Gasteiger partial charge >= 0.3 is 0 Å². The molecule has 86 valence electrons. The summed E-state index contributed by atoms with van der Waals surface area (Å²) >= 11 is 0.